The lowest BCUT2D eigenvalue weighted by atomic mass is 10.7. The Morgan fingerprint density at radius 2 is 2.33 bits per heavy atom. The summed E-state index contributed by atoms with van der Waals surface area (Å²) in [6, 6.07) is 0. The van der Waals surface area contributed by atoms with Gasteiger partial charge in [0.2, 0.25) is 9.14 Å². The van der Waals surface area contributed by atoms with Crippen molar-refractivity contribution in [2.75, 3.05) is 6.61 Å². The van der Waals surface area contributed by atoms with Crippen LogP contribution < -0.4 is 9.94 Å². The van der Waals surface area contributed by atoms with Gasteiger partial charge in [-0.15, -0.1) is 5.10 Å². The normalized spacial score (nSPS) is 13.1. The zero-order chi connectivity index (χ0) is 11.6. The van der Waals surface area contributed by atoms with Gasteiger partial charge in [-0.1, -0.05) is 11.3 Å². The third kappa shape index (κ3) is 2.92. The zero-order valence-electron chi connectivity index (χ0n) is 7.61. The molecule has 84 valence electrons. The van der Waals surface area contributed by atoms with Gasteiger partial charge >= 0.3 is 0 Å². The molecule has 0 aromatic carbocycles. The van der Waals surface area contributed by atoms with E-state index >= 15 is 0 Å². The SMILES string of the molecule is Cn1nc(S(N)(=O)=O)sc1=NC(=O)CO. The Morgan fingerprint density at radius 3 is 2.73 bits per heavy atom. The predicted molar refractivity (Wildman–Crippen MR) is 50.1 cm³/mol. The number of sulfonamides is 1. The number of nitrogens with two attached hydrogens (primary N) is 1. The molecule has 0 aliphatic carbocycles. The molecule has 0 saturated heterocycles. The van der Waals surface area contributed by atoms with Crippen molar-refractivity contribution in [3.8, 4) is 0 Å². The van der Waals surface area contributed by atoms with Gasteiger partial charge in [-0.3, -0.25) is 4.79 Å². The highest BCUT2D eigenvalue weighted by Gasteiger charge is 2.14. The van der Waals surface area contributed by atoms with Crippen LogP contribution in [0.3, 0.4) is 0 Å². The molecule has 0 saturated carbocycles. The molecular weight excluding hydrogens is 244 g/mol. The third-order valence-corrected chi connectivity index (χ3v) is 3.60. The first-order valence-corrected chi connectivity index (χ1v) is 5.96. The Balaban J connectivity index is 3.30. The van der Waals surface area contributed by atoms with Crippen LogP contribution in [0.2, 0.25) is 0 Å². The maximum absolute atomic E-state index is 10.9. The van der Waals surface area contributed by atoms with Gasteiger partial charge in [0.15, 0.2) is 0 Å². The summed E-state index contributed by atoms with van der Waals surface area (Å²) in [7, 11) is -2.48. The van der Waals surface area contributed by atoms with Crippen molar-refractivity contribution in [1.82, 2.24) is 9.78 Å². The molecular formula is C5H8N4O4S2. The van der Waals surface area contributed by atoms with E-state index < -0.39 is 22.5 Å². The molecule has 15 heavy (non-hydrogen) atoms. The molecule has 0 bridgehead atoms. The zero-order valence-corrected chi connectivity index (χ0v) is 9.25. The van der Waals surface area contributed by atoms with Gasteiger partial charge < -0.3 is 5.11 Å². The monoisotopic (exact) mass is 252 g/mol. The van der Waals surface area contributed by atoms with E-state index in [4.69, 9.17) is 10.2 Å². The van der Waals surface area contributed by atoms with Gasteiger partial charge in [-0.25, -0.2) is 18.2 Å². The molecule has 0 aliphatic rings. The van der Waals surface area contributed by atoms with Crippen LogP contribution >= 0.6 is 11.3 Å². The van der Waals surface area contributed by atoms with Crippen LogP contribution in [0.15, 0.2) is 9.33 Å². The van der Waals surface area contributed by atoms with Crippen LogP contribution in [0.5, 0.6) is 0 Å². The van der Waals surface area contributed by atoms with Crippen LogP contribution in [0.1, 0.15) is 0 Å². The number of rotatable bonds is 2. The minimum Gasteiger partial charge on any atom is -0.386 e. The van der Waals surface area contributed by atoms with Crippen LogP contribution in [-0.2, 0) is 21.9 Å². The second kappa shape index (κ2) is 4.18. The molecule has 1 heterocycles. The quantitative estimate of drug-likeness (QED) is 0.603. The fourth-order valence-corrected chi connectivity index (χ4v) is 2.25. The summed E-state index contributed by atoms with van der Waals surface area (Å²) < 4.78 is 22.5. The molecule has 0 aliphatic heterocycles. The maximum Gasteiger partial charge on any atom is 0.274 e. The Bertz CT molecular complexity index is 540. The lowest BCUT2D eigenvalue weighted by Crippen LogP contribution is -2.16. The molecule has 1 rings (SSSR count). The maximum atomic E-state index is 10.9. The fourth-order valence-electron chi connectivity index (χ4n) is 0.682. The van der Waals surface area contributed by atoms with Crippen LogP contribution in [-0.4, -0.2) is 35.8 Å². The smallest absolute Gasteiger partial charge is 0.274 e. The van der Waals surface area contributed by atoms with Crippen molar-refractivity contribution in [1.29, 1.82) is 0 Å². The second-order valence-corrected chi connectivity index (χ2v) is 5.17. The van der Waals surface area contributed by atoms with E-state index in [-0.39, 0.29) is 9.14 Å². The van der Waals surface area contributed by atoms with Gasteiger partial charge in [0.25, 0.3) is 15.9 Å². The van der Waals surface area contributed by atoms with E-state index in [2.05, 4.69) is 10.1 Å². The van der Waals surface area contributed by atoms with E-state index in [1.165, 1.54) is 7.05 Å². The number of carbonyl (C=O) groups is 1. The number of carbonyl (C=O) groups excluding carboxylic acids is 1. The summed E-state index contributed by atoms with van der Waals surface area (Å²) in [5.74, 6) is -0.782. The standard InChI is InChI=1S/C5H8N4O4S2/c1-9-4(7-3(11)2-10)14-5(8-9)15(6,12)13/h10H,2H2,1H3,(H2,6,12,13). The van der Waals surface area contributed by atoms with Crippen molar-refractivity contribution < 1.29 is 18.3 Å². The highest BCUT2D eigenvalue weighted by atomic mass is 32.2. The topological polar surface area (TPSA) is 128 Å². The number of aliphatic hydroxyl groups is 1. The minimum absolute atomic E-state index is 0.0538. The molecule has 8 nitrogen and oxygen atoms in total. The summed E-state index contributed by atoms with van der Waals surface area (Å²) in [6.45, 7) is -0.747. The van der Waals surface area contributed by atoms with Crippen molar-refractivity contribution in [2.45, 2.75) is 4.34 Å². The summed E-state index contributed by atoms with van der Waals surface area (Å²) in [4.78, 5) is 14.2. The average Bonchev–Trinajstić information content (AvgIpc) is 2.47. The van der Waals surface area contributed by atoms with Crippen LogP contribution in [0, 0.1) is 0 Å². The highest BCUT2D eigenvalue weighted by Crippen LogP contribution is 2.03. The molecule has 0 spiro atoms. The number of hydrogen-bond acceptors (Lipinski definition) is 6. The van der Waals surface area contributed by atoms with Crippen LogP contribution in [0.4, 0.5) is 0 Å². The highest BCUT2D eigenvalue weighted by molar-refractivity contribution is 7.91. The Hall–Kier alpha value is -1.10. The number of aliphatic hydroxyl groups excluding tert-OH is 1. The fraction of sp³-hybridized carbons (Fsp3) is 0.400. The first-order chi connectivity index (χ1) is 6.84. The molecule has 3 N–H and O–H groups in total. The number of amides is 1. The Morgan fingerprint density at radius 1 is 1.73 bits per heavy atom. The van der Waals surface area contributed by atoms with Gasteiger partial charge in [0, 0.05) is 7.05 Å². The minimum atomic E-state index is -3.89. The van der Waals surface area contributed by atoms with Gasteiger partial charge in [-0.05, 0) is 0 Å². The first kappa shape index (κ1) is 12.0. The van der Waals surface area contributed by atoms with Gasteiger partial charge in [-0.2, -0.15) is 4.99 Å². The number of nitrogens with zero attached hydrogens (tertiary/aromatic N) is 3. The summed E-state index contributed by atoms with van der Waals surface area (Å²) in [6.07, 6.45) is 0. The Labute approximate surface area is 88.7 Å². The first-order valence-electron chi connectivity index (χ1n) is 3.60. The molecule has 0 atom stereocenters. The number of primary sulfonamides is 1. The van der Waals surface area contributed by atoms with Crippen LogP contribution in [0.25, 0.3) is 0 Å². The molecule has 10 heteroatoms. The van der Waals surface area contributed by atoms with Crippen molar-refractivity contribution >= 4 is 27.3 Å². The van der Waals surface area contributed by atoms with E-state index in [0.29, 0.717) is 11.3 Å². The lowest BCUT2D eigenvalue weighted by molar-refractivity contribution is -0.120. The van der Waals surface area contributed by atoms with Gasteiger partial charge in [0.05, 0.1) is 0 Å². The second-order valence-electron chi connectivity index (χ2n) is 2.48. The molecule has 0 radical (unpaired) electrons. The molecule has 0 fully saturated rings. The largest absolute Gasteiger partial charge is 0.386 e. The van der Waals surface area contributed by atoms with Crippen molar-refractivity contribution in [2.24, 2.45) is 17.2 Å². The number of aryl methyl sites for hydroxylation is 1. The van der Waals surface area contributed by atoms with E-state index in [1.54, 1.807) is 0 Å². The molecule has 1 aromatic heterocycles. The average molecular weight is 252 g/mol. The summed E-state index contributed by atoms with van der Waals surface area (Å²) >= 11 is 0.650. The number of aromatic nitrogens is 2. The van der Waals surface area contributed by atoms with E-state index in [0.717, 1.165) is 4.68 Å². The van der Waals surface area contributed by atoms with E-state index in [1.807, 2.05) is 0 Å². The van der Waals surface area contributed by atoms with Gasteiger partial charge in [0.1, 0.15) is 6.61 Å². The van der Waals surface area contributed by atoms with Crippen molar-refractivity contribution in [3.05, 3.63) is 4.80 Å². The molecule has 1 amide bonds. The lowest BCUT2D eigenvalue weighted by Gasteiger charge is -1.86. The molecule has 1 aromatic rings. The number of hydrogen-bond donors (Lipinski definition) is 2. The predicted octanol–water partition coefficient (Wildman–Crippen LogP) is -2.45. The molecule has 0 unspecified atom stereocenters. The summed E-state index contributed by atoms with van der Waals surface area (Å²) in [5, 5.41) is 16.8. The van der Waals surface area contributed by atoms with E-state index in [9.17, 15) is 13.2 Å². The summed E-state index contributed by atoms with van der Waals surface area (Å²) in [5.41, 5.74) is 0. The van der Waals surface area contributed by atoms with Crippen molar-refractivity contribution in [3.63, 3.8) is 0 Å². The Kier molecular flexibility index (Phi) is 3.34. The third-order valence-electron chi connectivity index (χ3n) is 1.29.